The molecule has 3 atom stereocenters. The number of anilines is 1. The standard InChI is InChI=1S/C25H33FN4O6/c26-17-8-4-9-18(14-17)27-25(35)30-12-11-29(24(34)20-10-5-13-36-20)23(30)22(33)28-19(15-21(31)32)16-6-2-1-3-7-16/h4,8-9,14,16,19-20,23H,1-3,5-7,10-13,15H2,(H,27,35)(H,28,33)(H,31,32). The highest BCUT2D eigenvalue weighted by atomic mass is 19.1. The Morgan fingerprint density at radius 1 is 1.06 bits per heavy atom. The van der Waals surface area contributed by atoms with Gasteiger partial charge in [-0.15, -0.1) is 0 Å². The summed E-state index contributed by atoms with van der Waals surface area (Å²) in [5, 5.41) is 14.9. The summed E-state index contributed by atoms with van der Waals surface area (Å²) in [7, 11) is 0. The van der Waals surface area contributed by atoms with Gasteiger partial charge in [-0.25, -0.2) is 9.18 Å². The maximum absolute atomic E-state index is 13.6. The number of hydrogen-bond donors (Lipinski definition) is 3. The van der Waals surface area contributed by atoms with Gasteiger partial charge in [-0.3, -0.25) is 19.3 Å². The zero-order valence-electron chi connectivity index (χ0n) is 20.2. The van der Waals surface area contributed by atoms with E-state index in [0.717, 1.165) is 44.6 Å². The fraction of sp³-hybridized carbons (Fsp3) is 0.600. The molecule has 2 saturated heterocycles. The van der Waals surface area contributed by atoms with Crippen molar-refractivity contribution in [3.8, 4) is 0 Å². The predicted octanol–water partition coefficient (Wildman–Crippen LogP) is 2.55. The number of hydrogen-bond acceptors (Lipinski definition) is 5. The fourth-order valence-corrected chi connectivity index (χ4v) is 5.39. The van der Waals surface area contributed by atoms with Gasteiger partial charge in [0.25, 0.3) is 11.8 Å². The van der Waals surface area contributed by atoms with E-state index in [1.165, 1.54) is 28.0 Å². The number of amides is 4. The number of rotatable bonds is 7. The van der Waals surface area contributed by atoms with Gasteiger partial charge in [-0.1, -0.05) is 25.3 Å². The Balaban J connectivity index is 1.55. The first kappa shape index (κ1) is 25.9. The summed E-state index contributed by atoms with van der Waals surface area (Å²) in [6, 6.07) is 4.11. The van der Waals surface area contributed by atoms with E-state index in [2.05, 4.69) is 10.6 Å². The van der Waals surface area contributed by atoms with Crippen LogP contribution in [0.1, 0.15) is 51.4 Å². The Kier molecular flexibility index (Phi) is 8.40. The Morgan fingerprint density at radius 3 is 2.47 bits per heavy atom. The zero-order valence-corrected chi connectivity index (χ0v) is 20.2. The lowest BCUT2D eigenvalue weighted by atomic mass is 9.82. The minimum atomic E-state index is -1.27. The molecular formula is C25H33FN4O6. The summed E-state index contributed by atoms with van der Waals surface area (Å²) in [6.45, 7) is 0.665. The molecule has 2 aliphatic heterocycles. The topological polar surface area (TPSA) is 128 Å². The molecule has 11 heteroatoms. The Bertz CT molecular complexity index is 979. The smallest absolute Gasteiger partial charge is 0.323 e. The Morgan fingerprint density at radius 2 is 1.81 bits per heavy atom. The number of carbonyl (C=O) groups excluding carboxylic acids is 3. The van der Waals surface area contributed by atoms with Crippen LogP contribution in [0, 0.1) is 11.7 Å². The number of aliphatic carboxylic acids is 1. The number of nitrogens with zero attached hydrogens (tertiary/aromatic N) is 2. The summed E-state index contributed by atoms with van der Waals surface area (Å²) in [5.74, 6) is -2.52. The second kappa shape index (κ2) is 11.7. The van der Waals surface area contributed by atoms with Crippen molar-refractivity contribution in [2.45, 2.75) is 69.7 Å². The highest BCUT2D eigenvalue weighted by molar-refractivity contribution is 5.97. The van der Waals surface area contributed by atoms with E-state index in [0.29, 0.717) is 13.0 Å². The molecule has 3 aliphatic rings. The largest absolute Gasteiger partial charge is 0.481 e. The first-order chi connectivity index (χ1) is 17.3. The summed E-state index contributed by atoms with van der Waals surface area (Å²) in [6.07, 6.45) is 3.70. The lowest BCUT2D eigenvalue weighted by Crippen LogP contribution is -2.58. The summed E-state index contributed by atoms with van der Waals surface area (Å²) >= 11 is 0. The number of carbonyl (C=O) groups is 4. The molecule has 3 unspecified atom stereocenters. The minimum absolute atomic E-state index is 0.0112. The number of carboxylic acid groups (broad SMARTS) is 1. The van der Waals surface area contributed by atoms with Crippen molar-refractivity contribution >= 4 is 29.5 Å². The van der Waals surface area contributed by atoms with E-state index in [1.807, 2.05) is 0 Å². The van der Waals surface area contributed by atoms with Gasteiger partial charge in [-0.2, -0.15) is 0 Å². The van der Waals surface area contributed by atoms with Crippen LogP contribution < -0.4 is 10.6 Å². The molecule has 3 fully saturated rings. The third-order valence-electron chi connectivity index (χ3n) is 7.17. The normalized spacial score (nSPS) is 23.4. The van der Waals surface area contributed by atoms with Crippen molar-refractivity contribution < 1.29 is 33.4 Å². The van der Waals surface area contributed by atoms with Crippen LogP contribution >= 0.6 is 0 Å². The molecular weight excluding hydrogens is 471 g/mol. The quantitative estimate of drug-likeness (QED) is 0.524. The zero-order chi connectivity index (χ0) is 25.7. The SMILES string of the molecule is O=C(O)CC(NC(=O)C1N(C(=O)Nc2cccc(F)c2)CCN1C(=O)C1CCCO1)C1CCCCC1. The minimum Gasteiger partial charge on any atom is -0.481 e. The van der Waals surface area contributed by atoms with Crippen molar-refractivity contribution in [1.29, 1.82) is 0 Å². The van der Waals surface area contributed by atoms with Crippen LogP contribution in [-0.4, -0.2) is 76.7 Å². The van der Waals surface area contributed by atoms with Crippen LogP contribution in [0.2, 0.25) is 0 Å². The van der Waals surface area contributed by atoms with Gasteiger partial charge in [0.05, 0.1) is 6.42 Å². The van der Waals surface area contributed by atoms with Gasteiger partial charge < -0.3 is 25.4 Å². The fourth-order valence-electron chi connectivity index (χ4n) is 5.39. The third-order valence-corrected chi connectivity index (χ3v) is 7.17. The molecule has 36 heavy (non-hydrogen) atoms. The molecule has 196 valence electrons. The second-order valence-corrected chi connectivity index (χ2v) is 9.65. The molecule has 0 bridgehead atoms. The van der Waals surface area contributed by atoms with Crippen LogP contribution in [0.15, 0.2) is 24.3 Å². The molecule has 10 nitrogen and oxygen atoms in total. The lowest BCUT2D eigenvalue weighted by Gasteiger charge is -2.34. The van der Waals surface area contributed by atoms with Gasteiger partial charge >= 0.3 is 12.0 Å². The van der Waals surface area contributed by atoms with Crippen molar-refractivity contribution in [3.05, 3.63) is 30.1 Å². The average molecular weight is 505 g/mol. The molecule has 0 aromatic heterocycles. The second-order valence-electron chi connectivity index (χ2n) is 9.65. The number of urea groups is 1. The van der Waals surface area contributed by atoms with E-state index in [-0.39, 0.29) is 37.0 Å². The molecule has 0 spiro atoms. The first-order valence-electron chi connectivity index (χ1n) is 12.6. The monoisotopic (exact) mass is 504 g/mol. The molecule has 2 heterocycles. The summed E-state index contributed by atoms with van der Waals surface area (Å²) in [4.78, 5) is 54.1. The van der Waals surface area contributed by atoms with E-state index < -0.39 is 42.0 Å². The van der Waals surface area contributed by atoms with E-state index in [4.69, 9.17) is 4.74 Å². The van der Waals surface area contributed by atoms with Crippen molar-refractivity contribution in [2.75, 3.05) is 25.0 Å². The summed E-state index contributed by atoms with van der Waals surface area (Å²) < 4.78 is 19.1. The van der Waals surface area contributed by atoms with Gasteiger partial charge in [0.15, 0.2) is 6.17 Å². The highest BCUT2D eigenvalue weighted by Gasteiger charge is 2.46. The molecule has 3 N–H and O–H groups in total. The van der Waals surface area contributed by atoms with E-state index in [1.54, 1.807) is 0 Å². The number of nitrogens with one attached hydrogen (secondary N) is 2. The van der Waals surface area contributed by atoms with Gasteiger partial charge in [0, 0.05) is 31.4 Å². The van der Waals surface area contributed by atoms with E-state index in [9.17, 15) is 28.7 Å². The first-order valence-corrected chi connectivity index (χ1v) is 12.6. The number of ether oxygens (including phenoxy) is 1. The van der Waals surface area contributed by atoms with Crippen LogP contribution in [0.3, 0.4) is 0 Å². The molecule has 4 amide bonds. The van der Waals surface area contributed by atoms with Crippen LogP contribution in [0.5, 0.6) is 0 Å². The van der Waals surface area contributed by atoms with Gasteiger partial charge in [0.1, 0.15) is 11.9 Å². The lowest BCUT2D eigenvalue weighted by molar-refractivity contribution is -0.148. The van der Waals surface area contributed by atoms with Crippen LogP contribution in [-0.2, 0) is 19.1 Å². The van der Waals surface area contributed by atoms with E-state index >= 15 is 0 Å². The number of carboxylic acids is 1. The predicted molar refractivity (Wildman–Crippen MR) is 127 cm³/mol. The Labute approximate surface area is 209 Å². The molecule has 1 aliphatic carbocycles. The maximum atomic E-state index is 13.6. The summed E-state index contributed by atoms with van der Waals surface area (Å²) in [5.41, 5.74) is 0.217. The third kappa shape index (κ3) is 6.13. The molecule has 0 radical (unpaired) electrons. The van der Waals surface area contributed by atoms with Crippen molar-refractivity contribution in [1.82, 2.24) is 15.1 Å². The molecule has 4 rings (SSSR count). The molecule has 1 saturated carbocycles. The van der Waals surface area contributed by atoms with Crippen molar-refractivity contribution in [2.24, 2.45) is 5.92 Å². The number of benzene rings is 1. The maximum Gasteiger partial charge on any atom is 0.323 e. The van der Waals surface area contributed by atoms with Gasteiger partial charge in [-0.05, 0) is 49.8 Å². The number of halogens is 1. The van der Waals surface area contributed by atoms with Crippen LogP contribution in [0.4, 0.5) is 14.9 Å². The van der Waals surface area contributed by atoms with Crippen molar-refractivity contribution in [3.63, 3.8) is 0 Å². The molecule has 1 aromatic rings. The van der Waals surface area contributed by atoms with Crippen LogP contribution in [0.25, 0.3) is 0 Å². The Hall–Kier alpha value is -3.21. The average Bonchev–Trinajstić information content (AvgIpc) is 3.54. The highest BCUT2D eigenvalue weighted by Crippen LogP contribution is 2.29. The molecule has 1 aromatic carbocycles. The van der Waals surface area contributed by atoms with Gasteiger partial charge in [0.2, 0.25) is 0 Å².